The van der Waals surface area contributed by atoms with Crippen molar-refractivity contribution >= 4 is 11.8 Å². The summed E-state index contributed by atoms with van der Waals surface area (Å²) in [6.45, 7) is 2.04. The highest BCUT2D eigenvalue weighted by atomic mass is 32.2. The van der Waals surface area contributed by atoms with Gasteiger partial charge in [-0.05, 0) is 30.7 Å². The van der Waals surface area contributed by atoms with Gasteiger partial charge in [0, 0.05) is 23.7 Å². The third-order valence-corrected chi connectivity index (χ3v) is 3.65. The monoisotopic (exact) mass is 283 g/mol. The van der Waals surface area contributed by atoms with E-state index < -0.39 is 0 Å². The van der Waals surface area contributed by atoms with Gasteiger partial charge >= 0.3 is 0 Å². The molecular weight excluding hydrogens is 270 g/mol. The molecule has 0 atom stereocenters. The van der Waals surface area contributed by atoms with Crippen LogP contribution in [-0.2, 0) is 5.75 Å². The molecule has 3 aromatic rings. The lowest BCUT2D eigenvalue weighted by Gasteiger charge is -1.97. The topological polar surface area (TPSA) is 51.8 Å². The maximum atomic E-state index is 5.67. The van der Waals surface area contributed by atoms with Crippen LogP contribution in [0, 0.1) is 6.92 Å². The molecule has 100 valence electrons. The minimum Gasteiger partial charge on any atom is -0.411 e. The van der Waals surface area contributed by atoms with Crippen LogP contribution in [0.25, 0.3) is 11.5 Å². The van der Waals surface area contributed by atoms with E-state index in [0.29, 0.717) is 11.1 Å². The van der Waals surface area contributed by atoms with Crippen LogP contribution in [0.3, 0.4) is 0 Å². The number of aromatic nitrogens is 3. The summed E-state index contributed by atoms with van der Waals surface area (Å²) in [6, 6.07) is 12.0. The Morgan fingerprint density at radius 1 is 1.15 bits per heavy atom. The number of thioether (sulfide) groups is 1. The molecule has 0 aliphatic carbocycles. The first-order valence-corrected chi connectivity index (χ1v) is 7.22. The molecule has 0 amide bonds. The summed E-state index contributed by atoms with van der Waals surface area (Å²) in [5, 5.41) is 8.72. The lowest BCUT2D eigenvalue weighted by Crippen LogP contribution is -1.81. The quantitative estimate of drug-likeness (QED) is 0.683. The number of hydrogen-bond acceptors (Lipinski definition) is 5. The van der Waals surface area contributed by atoms with Gasteiger partial charge < -0.3 is 4.42 Å². The highest BCUT2D eigenvalue weighted by molar-refractivity contribution is 7.98. The van der Waals surface area contributed by atoms with Crippen LogP contribution in [0.1, 0.15) is 11.1 Å². The van der Waals surface area contributed by atoms with E-state index >= 15 is 0 Å². The first-order chi connectivity index (χ1) is 9.81. The summed E-state index contributed by atoms with van der Waals surface area (Å²) in [4.78, 5) is 4.08. The molecule has 4 nitrogen and oxygen atoms in total. The van der Waals surface area contributed by atoms with Gasteiger partial charge in [0.15, 0.2) is 0 Å². The van der Waals surface area contributed by atoms with Crippen molar-refractivity contribution in [3.8, 4) is 11.5 Å². The SMILES string of the molecule is Cc1cccc(-c2nnc(SCc3cccnc3)o2)c1. The fourth-order valence-corrected chi connectivity index (χ4v) is 2.49. The highest BCUT2D eigenvalue weighted by Crippen LogP contribution is 2.25. The van der Waals surface area contributed by atoms with Gasteiger partial charge in [0.25, 0.3) is 5.22 Å². The second-order valence-corrected chi connectivity index (χ2v) is 5.32. The predicted molar refractivity (Wildman–Crippen MR) is 78.3 cm³/mol. The molecule has 0 spiro atoms. The van der Waals surface area contributed by atoms with Gasteiger partial charge in [-0.3, -0.25) is 4.98 Å². The Morgan fingerprint density at radius 3 is 2.90 bits per heavy atom. The van der Waals surface area contributed by atoms with Gasteiger partial charge in [0.2, 0.25) is 5.89 Å². The zero-order valence-corrected chi connectivity index (χ0v) is 11.8. The Kier molecular flexibility index (Phi) is 3.78. The molecule has 2 aromatic heterocycles. The fourth-order valence-electron chi connectivity index (χ4n) is 1.79. The summed E-state index contributed by atoms with van der Waals surface area (Å²) in [6.07, 6.45) is 3.60. The minimum atomic E-state index is 0.558. The molecule has 20 heavy (non-hydrogen) atoms. The average Bonchev–Trinajstić information content (AvgIpc) is 2.95. The van der Waals surface area contributed by atoms with Crippen LogP contribution in [0.5, 0.6) is 0 Å². The van der Waals surface area contributed by atoms with Gasteiger partial charge in [-0.15, -0.1) is 10.2 Å². The lowest BCUT2D eigenvalue weighted by molar-refractivity contribution is 0.466. The van der Waals surface area contributed by atoms with Crippen LogP contribution in [0.2, 0.25) is 0 Å². The summed E-state index contributed by atoms with van der Waals surface area (Å²) < 4.78 is 5.67. The summed E-state index contributed by atoms with van der Waals surface area (Å²) in [5.74, 6) is 1.32. The Hall–Kier alpha value is -2.14. The van der Waals surface area contributed by atoms with Crippen molar-refractivity contribution in [3.05, 3.63) is 59.9 Å². The first-order valence-electron chi connectivity index (χ1n) is 6.23. The average molecular weight is 283 g/mol. The van der Waals surface area contributed by atoms with Crippen molar-refractivity contribution in [1.29, 1.82) is 0 Å². The van der Waals surface area contributed by atoms with Crippen LogP contribution >= 0.6 is 11.8 Å². The Morgan fingerprint density at radius 2 is 2.10 bits per heavy atom. The molecule has 0 unspecified atom stereocenters. The molecule has 0 saturated carbocycles. The molecule has 3 rings (SSSR count). The molecule has 0 aliphatic heterocycles. The third kappa shape index (κ3) is 3.05. The maximum absolute atomic E-state index is 5.67. The van der Waals surface area contributed by atoms with Crippen molar-refractivity contribution in [3.63, 3.8) is 0 Å². The molecule has 0 aliphatic rings. The Labute approximate surface area is 121 Å². The zero-order valence-electron chi connectivity index (χ0n) is 11.0. The molecule has 5 heteroatoms. The van der Waals surface area contributed by atoms with E-state index in [2.05, 4.69) is 15.2 Å². The van der Waals surface area contributed by atoms with E-state index in [1.807, 2.05) is 49.5 Å². The van der Waals surface area contributed by atoms with Crippen molar-refractivity contribution in [2.24, 2.45) is 0 Å². The number of hydrogen-bond donors (Lipinski definition) is 0. The van der Waals surface area contributed by atoms with E-state index in [-0.39, 0.29) is 0 Å². The van der Waals surface area contributed by atoms with E-state index in [1.54, 1.807) is 6.20 Å². The lowest BCUT2D eigenvalue weighted by atomic mass is 10.1. The van der Waals surface area contributed by atoms with Gasteiger partial charge in [0.05, 0.1) is 0 Å². The van der Waals surface area contributed by atoms with Crippen molar-refractivity contribution in [2.45, 2.75) is 17.9 Å². The van der Waals surface area contributed by atoms with Gasteiger partial charge in [-0.1, -0.05) is 35.5 Å². The van der Waals surface area contributed by atoms with E-state index in [0.717, 1.165) is 16.9 Å². The van der Waals surface area contributed by atoms with E-state index in [4.69, 9.17) is 4.42 Å². The Balaban J connectivity index is 1.71. The number of benzene rings is 1. The number of nitrogens with zero attached hydrogens (tertiary/aromatic N) is 3. The Bertz CT molecular complexity index is 697. The summed E-state index contributed by atoms with van der Waals surface area (Å²) in [7, 11) is 0. The molecule has 0 N–H and O–H groups in total. The van der Waals surface area contributed by atoms with Gasteiger partial charge in [0.1, 0.15) is 0 Å². The van der Waals surface area contributed by atoms with Crippen LogP contribution in [0.15, 0.2) is 58.4 Å². The number of pyridine rings is 1. The standard InChI is InChI=1S/C15H13N3OS/c1-11-4-2-6-13(8-11)14-17-18-15(19-14)20-10-12-5-3-7-16-9-12/h2-9H,10H2,1H3. The molecule has 2 heterocycles. The molecular formula is C15H13N3OS. The predicted octanol–water partition coefficient (Wildman–Crippen LogP) is 3.73. The molecule has 0 bridgehead atoms. The fraction of sp³-hybridized carbons (Fsp3) is 0.133. The maximum Gasteiger partial charge on any atom is 0.277 e. The summed E-state index contributed by atoms with van der Waals surface area (Å²) in [5.41, 5.74) is 3.25. The van der Waals surface area contributed by atoms with Crippen molar-refractivity contribution in [2.75, 3.05) is 0 Å². The molecule has 1 aromatic carbocycles. The van der Waals surface area contributed by atoms with Crippen LogP contribution in [0.4, 0.5) is 0 Å². The molecule has 0 fully saturated rings. The zero-order chi connectivity index (χ0) is 13.8. The normalized spacial score (nSPS) is 10.7. The number of aryl methyl sites for hydroxylation is 1. The van der Waals surface area contributed by atoms with E-state index in [1.165, 1.54) is 17.3 Å². The van der Waals surface area contributed by atoms with Crippen LogP contribution in [-0.4, -0.2) is 15.2 Å². The van der Waals surface area contributed by atoms with Gasteiger partial charge in [-0.2, -0.15) is 0 Å². The second kappa shape index (κ2) is 5.88. The third-order valence-electron chi connectivity index (χ3n) is 2.76. The first kappa shape index (κ1) is 12.9. The largest absolute Gasteiger partial charge is 0.411 e. The van der Waals surface area contributed by atoms with Crippen molar-refractivity contribution < 1.29 is 4.42 Å². The van der Waals surface area contributed by atoms with E-state index in [9.17, 15) is 0 Å². The van der Waals surface area contributed by atoms with Crippen LogP contribution < -0.4 is 0 Å². The van der Waals surface area contributed by atoms with Crippen molar-refractivity contribution in [1.82, 2.24) is 15.2 Å². The summed E-state index contributed by atoms with van der Waals surface area (Å²) >= 11 is 1.51. The second-order valence-electron chi connectivity index (χ2n) is 4.39. The molecule has 0 saturated heterocycles. The number of rotatable bonds is 4. The molecule has 0 radical (unpaired) electrons. The minimum absolute atomic E-state index is 0.558. The highest BCUT2D eigenvalue weighted by Gasteiger charge is 2.09. The van der Waals surface area contributed by atoms with Gasteiger partial charge in [-0.25, -0.2) is 0 Å². The smallest absolute Gasteiger partial charge is 0.277 e.